The second kappa shape index (κ2) is 18.6. The van der Waals surface area contributed by atoms with Gasteiger partial charge in [0.05, 0.1) is 5.60 Å². The smallest absolute Gasteiger partial charge is 0.135 e. The molecule has 1 unspecified atom stereocenters. The van der Waals surface area contributed by atoms with E-state index in [1.54, 1.807) is 6.92 Å². The van der Waals surface area contributed by atoms with Crippen molar-refractivity contribution in [2.24, 2.45) is 11.8 Å². The van der Waals surface area contributed by atoms with Crippen LogP contribution in [0.1, 0.15) is 97.4 Å². The van der Waals surface area contributed by atoms with Crippen LogP contribution in [0.15, 0.2) is 48.5 Å². The van der Waals surface area contributed by atoms with Crippen LogP contribution in [0.3, 0.4) is 0 Å². The van der Waals surface area contributed by atoms with Crippen molar-refractivity contribution in [2.45, 2.75) is 107 Å². The monoisotopic (exact) mass is 512 g/mol. The van der Waals surface area contributed by atoms with E-state index in [2.05, 4.69) is 62.4 Å². The molecule has 0 fully saturated rings. The fourth-order valence-corrected chi connectivity index (χ4v) is 3.44. The molecule has 1 atom stereocenters. The second-order valence-corrected chi connectivity index (χ2v) is 10.6. The molecule has 0 saturated heterocycles. The molecule has 0 radical (unpaired) electrons. The molecule has 0 spiro atoms. The molecule has 0 heterocycles. The van der Waals surface area contributed by atoms with E-state index in [-0.39, 0.29) is 37.2 Å². The predicted octanol–water partition coefficient (Wildman–Crippen LogP) is 7.68. The summed E-state index contributed by atoms with van der Waals surface area (Å²) in [6.45, 7) is 16.6. The number of aryl methyl sites for hydroxylation is 4. The molecule has 0 bridgehead atoms. The zero-order valence-corrected chi connectivity index (χ0v) is 24.0. The van der Waals surface area contributed by atoms with E-state index in [9.17, 15) is 19.5 Å². The van der Waals surface area contributed by atoms with Crippen LogP contribution in [0.2, 0.25) is 0 Å². The maximum atomic E-state index is 11.4. The highest BCUT2D eigenvalue weighted by Gasteiger charge is 2.31. The summed E-state index contributed by atoms with van der Waals surface area (Å²) in [5.74, 6) is 0.827. The van der Waals surface area contributed by atoms with Gasteiger partial charge < -0.3 is 9.90 Å². The molecule has 37 heavy (non-hydrogen) atoms. The minimum Gasteiger partial charge on any atom is -0.389 e. The van der Waals surface area contributed by atoms with Gasteiger partial charge in [0.15, 0.2) is 0 Å². The lowest BCUT2D eigenvalue weighted by atomic mass is 9.81. The summed E-state index contributed by atoms with van der Waals surface area (Å²) in [5, 5.41) is 10.6. The molecule has 0 saturated carbocycles. The van der Waals surface area contributed by atoms with Gasteiger partial charge in [0.2, 0.25) is 0 Å². The highest BCUT2D eigenvalue weighted by Crippen LogP contribution is 2.27. The summed E-state index contributed by atoms with van der Waals surface area (Å²) in [6, 6.07) is 16.7. The number of carbonyl (C=O) groups excluding carboxylic acids is 3. The normalized spacial score (nSPS) is 11.8. The first kappa shape index (κ1) is 36.6. The fraction of sp³-hybridized carbons (Fsp3) is 0.545. The number of aliphatic hydroxyl groups is 1. The third-order valence-corrected chi connectivity index (χ3v) is 6.02. The average molecular weight is 513 g/mol. The minimum absolute atomic E-state index is 0. The molecule has 0 aromatic heterocycles. The number of rotatable bonds is 10. The van der Waals surface area contributed by atoms with Crippen molar-refractivity contribution in [1.82, 2.24) is 0 Å². The first-order chi connectivity index (χ1) is 16.7. The van der Waals surface area contributed by atoms with Gasteiger partial charge in [-0.15, -0.1) is 0 Å². The van der Waals surface area contributed by atoms with E-state index in [1.165, 1.54) is 36.1 Å². The van der Waals surface area contributed by atoms with Crippen LogP contribution in [0.4, 0.5) is 0 Å². The number of hydrogen-bond donors (Lipinski definition) is 1. The molecular formula is C33H52O4. The summed E-state index contributed by atoms with van der Waals surface area (Å²) < 4.78 is 0. The molecule has 4 heteroatoms. The van der Waals surface area contributed by atoms with E-state index in [0.717, 1.165) is 12.8 Å². The van der Waals surface area contributed by atoms with E-state index >= 15 is 0 Å². The van der Waals surface area contributed by atoms with Crippen molar-refractivity contribution in [3.63, 3.8) is 0 Å². The highest BCUT2D eigenvalue weighted by molar-refractivity contribution is 5.80. The Balaban J connectivity index is 0. The Morgan fingerprint density at radius 1 is 0.757 bits per heavy atom. The molecule has 2 rings (SSSR count). The summed E-state index contributed by atoms with van der Waals surface area (Å²) in [4.78, 5) is 32.1. The maximum Gasteiger partial charge on any atom is 0.135 e. The molecule has 0 amide bonds. The maximum absolute atomic E-state index is 11.4. The largest absolute Gasteiger partial charge is 0.389 e. The summed E-state index contributed by atoms with van der Waals surface area (Å²) >= 11 is 0. The van der Waals surface area contributed by atoms with E-state index < -0.39 is 5.60 Å². The Hall–Kier alpha value is -2.59. The number of benzene rings is 2. The quantitative estimate of drug-likeness (QED) is 0.354. The van der Waals surface area contributed by atoms with Crippen LogP contribution in [0.5, 0.6) is 0 Å². The van der Waals surface area contributed by atoms with Gasteiger partial charge >= 0.3 is 0 Å². The number of carbonyl (C=O) groups is 3. The molecule has 208 valence electrons. The van der Waals surface area contributed by atoms with Crippen molar-refractivity contribution < 1.29 is 19.5 Å². The lowest BCUT2D eigenvalue weighted by molar-refractivity contribution is -0.124. The van der Waals surface area contributed by atoms with Crippen LogP contribution < -0.4 is 0 Å². The van der Waals surface area contributed by atoms with Crippen LogP contribution >= 0.6 is 0 Å². The summed E-state index contributed by atoms with van der Waals surface area (Å²) in [6.07, 6.45) is 3.23. The zero-order valence-electron chi connectivity index (χ0n) is 24.0. The number of hydrogen-bond acceptors (Lipinski definition) is 4. The van der Waals surface area contributed by atoms with Gasteiger partial charge in [-0.3, -0.25) is 9.59 Å². The number of ketones is 3. The van der Waals surface area contributed by atoms with Gasteiger partial charge in [-0.1, -0.05) is 94.8 Å². The Kier molecular flexibility index (Phi) is 18.4. The van der Waals surface area contributed by atoms with Crippen molar-refractivity contribution in [1.29, 1.82) is 0 Å². The van der Waals surface area contributed by atoms with Crippen molar-refractivity contribution >= 4 is 17.3 Å². The predicted molar refractivity (Wildman–Crippen MR) is 157 cm³/mol. The van der Waals surface area contributed by atoms with Gasteiger partial charge in [-0.05, 0) is 70.9 Å². The Labute approximate surface area is 226 Å². The van der Waals surface area contributed by atoms with E-state index in [0.29, 0.717) is 18.6 Å². The Bertz CT molecular complexity index is 920. The van der Waals surface area contributed by atoms with Gasteiger partial charge in [0, 0.05) is 18.8 Å². The first-order valence-electron chi connectivity index (χ1n) is 13.0. The lowest BCUT2D eigenvalue weighted by Gasteiger charge is -2.31. The molecule has 2 aromatic carbocycles. The standard InChI is InChI=1S/C16H24O2.C13H18O.C3H6O.CH4/c1-12(2)16(18,11-14(4)17)10-9-15-7-5-13(3)6-8-15;1-10(2)13(14)9-8-12-6-4-11(3)5-7-12;1-3(2)4;/h5-8,12,18H,9-11H2,1-4H3;4-7,10H,8-9H2,1-3H3;1-2H3;1H4. The average Bonchev–Trinajstić information content (AvgIpc) is 2.77. The van der Waals surface area contributed by atoms with Crippen LogP contribution in [-0.4, -0.2) is 28.1 Å². The highest BCUT2D eigenvalue weighted by atomic mass is 16.3. The van der Waals surface area contributed by atoms with Crippen molar-refractivity contribution in [3.8, 4) is 0 Å². The van der Waals surface area contributed by atoms with Crippen molar-refractivity contribution in [3.05, 3.63) is 70.8 Å². The molecule has 0 aliphatic heterocycles. The minimum atomic E-state index is -0.878. The van der Waals surface area contributed by atoms with Crippen LogP contribution in [0, 0.1) is 25.7 Å². The van der Waals surface area contributed by atoms with Gasteiger partial charge in [-0.25, -0.2) is 0 Å². The molecule has 1 N–H and O–H groups in total. The summed E-state index contributed by atoms with van der Waals surface area (Å²) in [5.41, 5.74) is 4.09. The SMILES string of the molecule is C.CC(=O)CC(O)(CCc1ccc(C)cc1)C(C)C.CC(C)=O.Cc1ccc(CCC(=O)C(C)C)cc1. The third-order valence-electron chi connectivity index (χ3n) is 6.02. The Morgan fingerprint density at radius 3 is 1.46 bits per heavy atom. The molecule has 2 aromatic rings. The molecule has 0 aliphatic carbocycles. The molecule has 4 nitrogen and oxygen atoms in total. The van der Waals surface area contributed by atoms with Crippen LogP contribution in [0.25, 0.3) is 0 Å². The van der Waals surface area contributed by atoms with Gasteiger partial charge in [0.25, 0.3) is 0 Å². The number of Topliss-reactive ketones (excluding diaryl/α,β-unsaturated/α-hetero) is 3. The second-order valence-electron chi connectivity index (χ2n) is 10.6. The Morgan fingerprint density at radius 2 is 1.14 bits per heavy atom. The van der Waals surface area contributed by atoms with Crippen molar-refractivity contribution in [2.75, 3.05) is 0 Å². The topological polar surface area (TPSA) is 71.4 Å². The fourth-order valence-electron chi connectivity index (χ4n) is 3.44. The van der Waals surface area contributed by atoms with E-state index in [4.69, 9.17) is 0 Å². The third kappa shape index (κ3) is 17.5. The lowest BCUT2D eigenvalue weighted by Crippen LogP contribution is -2.37. The van der Waals surface area contributed by atoms with Gasteiger partial charge in [0.1, 0.15) is 17.3 Å². The van der Waals surface area contributed by atoms with Gasteiger partial charge in [-0.2, -0.15) is 0 Å². The molecule has 0 aliphatic rings. The van der Waals surface area contributed by atoms with E-state index in [1.807, 2.05) is 27.7 Å². The summed E-state index contributed by atoms with van der Waals surface area (Å²) in [7, 11) is 0. The first-order valence-corrected chi connectivity index (χ1v) is 13.0. The molecular weight excluding hydrogens is 460 g/mol. The zero-order chi connectivity index (χ0) is 27.9. The van der Waals surface area contributed by atoms with Crippen LogP contribution in [-0.2, 0) is 27.2 Å².